The molecule has 0 spiro atoms. The summed E-state index contributed by atoms with van der Waals surface area (Å²) in [7, 11) is 0. The van der Waals surface area contributed by atoms with Gasteiger partial charge in [0.15, 0.2) is 0 Å². The highest BCUT2D eigenvalue weighted by Gasteiger charge is 2.26. The summed E-state index contributed by atoms with van der Waals surface area (Å²) in [6, 6.07) is 5.90. The standard InChI is InChI=1S/C10H10F3NO2/c11-10(12,13)6-14-8-3-1-2-7(4-8)5-9(15)16/h1-4,14H,5-6H2,(H,15,16). The average Bonchev–Trinajstić information content (AvgIpc) is 2.13. The Hall–Kier alpha value is -1.72. The maximum atomic E-state index is 11.9. The summed E-state index contributed by atoms with van der Waals surface area (Å²) in [4.78, 5) is 10.4. The number of nitrogens with one attached hydrogen (secondary N) is 1. The van der Waals surface area contributed by atoms with Crippen LogP contribution in [0.5, 0.6) is 0 Å². The van der Waals surface area contributed by atoms with Crippen molar-refractivity contribution in [2.75, 3.05) is 11.9 Å². The lowest BCUT2D eigenvalue weighted by atomic mass is 10.1. The third kappa shape index (κ3) is 4.68. The van der Waals surface area contributed by atoms with E-state index in [1.165, 1.54) is 18.2 Å². The number of benzene rings is 1. The zero-order valence-corrected chi connectivity index (χ0v) is 8.21. The van der Waals surface area contributed by atoms with Crippen molar-refractivity contribution in [3.05, 3.63) is 29.8 Å². The van der Waals surface area contributed by atoms with E-state index in [9.17, 15) is 18.0 Å². The molecule has 0 fully saturated rings. The van der Waals surface area contributed by atoms with Crippen LogP contribution in [0.1, 0.15) is 5.56 Å². The Morgan fingerprint density at radius 1 is 1.38 bits per heavy atom. The Balaban J connectivity index is 2.64. The molecule has 0 aliphatic heterocycles. The average molecular weight is 233 g/mol. The van der Waals surface area contributed by atoms with Crippen LogP contribution < -0.4 is 5.32 Å². The number of carbonyl (C=O) groups is 1. The molecule has 0 radical (unpaired) electrons. The Morgan fingerprint density at radius 3 is 2.62 bits per heavy atom. The maximum absolute atomic E-state index is 11.9. The van der Waals surface area contributed by atoms with Gasteiger partial charge in [-0.3, -0.25) is 4.79 Å². The lowest BCUT2D eigenvalue weighted by molar-refractivity contribution is -0.136. The lowest BCUT2D eigenvalue weighted by Crippen LogP contribution is -2.21. The van der Waals surface area contributed by atoms with Crippen LogP contribution in [0.4, 0.5) is 18.9 Å². The molecule has 0 bridgehead atoms. The second-order valence-electron chi connectivity index (χ2n) is 3.24. The van der Waals surface area contributed by atoms with Crippen LogP contribution in [-0.2, 0) is 11.2 Å². The van der Waals surface area contributed by atoms with Crippen molar-refractivity contribution in [3.8, 4) is 0 Å². The largest absolute Gasteiger partial charge is 0.481 e. The highest BCUT2D eigenvalue weighted by Crippen LogP contribution is 2.17. The molecular formula is C10H10F3NO2. The summed E-state index contributed by atoms with van der Waals surface area (Å²) < 4.78 is 35.7. The third-order valence-corrected chi connectivity index (χ3v) is 1.78. The normalized spacial score (nSPS) is 11.2. The molecule has 0 atom stereocenters. The number of aliphatic carboxylic acids is 1. The lowest BCUT2D eigenvalue weighted by Gasteiger charge is -2.10. The molecule has 0 aromatic heterocycles. The van der Waals surface area contributed by atoms with Gasteiger partial charge < -0.3 is 10.4 Å². The van der Waals surface area contributed by atoms with Crippen molar-refractivity contribution in [1.82, 2.24) is 0 Å². The quantitative estimate of drug-likeness (QED) is 0.838. The fraction of sp³-hybridized carbons (Fsp3) is 0.300. The predicted molar refractivity (Wildman–Crippen MR) is 52.3 cm³/mol. The molecule has 0 heterocycles. The fourth-order valence-corrected chi connectivity index (χ4v) is 1.17. The van der Waals surface area contributed by atoms with Crippen molar-refractivity contribution < 1.29 is 23.1 Å². The summed E-state index contributed by atoms with van der Waals surface area (Å²) >= 11 is 0. The first-order chi connectivity index (χ1) is 7.37. The van der Waals surface area contributed by atoms with E-state index in [-0.39, 0.29) is 12.1 Å². The number of rotatable bonds is 4. The van der Waals surface area contributed by atoms with Crippen LogP contribution in [0.15, 0.2) is 24.3 Å². The van der Waals surface area contributed by atoms with Gasteiger partial charge >= 0.3 is 12.1 Å². The molecule has 0 aliphatic rings. The molecule has 1 aromatic rings. The van der Waals surface area contributed by atoms with Gasteiger partial charge in [-0.15, -0.1) is 0 Å². The smallest absolute Gasteiger partial charge is 0.405 e. The molecule has 0 aliphatic carbocycles. The number of hydrogen-bond donors (Lipinski definition) is 2. The second kappa shape index (κ2) is 4.87. The van der Waals surface area contributed by atoms with Gasteiger partial charge in [0.2, 0.25) is 0 Å². The van der Waals surface area contributed by atoms with Crippen LogP contribution in [0, 0.1) is 0 Å². The summed E-state index contributed by atoms with van der Waals surface area (Å²) in [6.45, 7) is -1.14. The van der Waals surface area contributed by atoms with E-state index < -0.39 is 18.7 Å². The molecule has 6 heteroatoms. The monoisotopic (exact) mass is 233 g/mol. The van der Waals surface area contributed by atoms with Gasteiger partial charge in [0.25, 0.3) is 0 Å². The second-order valence-corrected chi connectivity index (χ2v) is 3.24. The summed E-state index contributed by atoms with van der Waals surface area (Å²) in [5, 5.41) is 10.7. The first kappa shape index (κ1) is 12.4. The molecule has 0 amide bonds. The highest BCUT2D eigenvalue weighted by molar-refractivity contribution is 5.70. The molecule has 3 nitrogen and oxygen atoms in total. The van der Waals surface area contributed by atoms with Crippen LogP contribution >= 0.6 is 0 Å². The minimum absolute atomic E-state index is 0.207. The number of carboxylic acids is 1. The van der Waals surface area contributed by atoms with Crippen LogP contribution in [0.25, 0.3) is 0 Å². The fourth-order valence-electron chi connectivity index (χ4n) is 1.17. The SMILES string of the molecule is O=C(O)Cc1cccc(NCC(F)(F)F)c1. The van der Waals surface area contributed by atoms with Gasteiger partial charge in [-0.25, -0.2) is 0 Å². The maximum Gasteiger partial charge on any atom is 0.405 e. The molecule has 0 saturated heterocycles. The Labute approximate surface area is 89.9 Å². The molecule has 88 valence electrons. The van der Waals surface area contributed by atoms with Crippen molar-refractivity contribution in [2.24, 2.45) is 0 Å². The van der Waals surface area contributed by atoms with E-state index in [0.29, 0.717) is 5.56 Å². The van der Waals surface area contributed by atoms with Crippen LogP contribution in [0.3, 0.4) is 0 Å². The molecule has 0 saturated carbocycles. The summed E-state index contributed by atoms with van der Waals surface area (Å²) in [6.07, 6.45) is -4.50. The minimum Gasteiger partial charge on any atom is -0.481 e. The molecule has 1 rings (SSSR count). The molecule has 2 N–H and O–H groups in total. The highest BCUT2D eigenvalue weighted by atomic mass is 19.4. The molecule has 1 aromatic carbocycles. The van der Waals surface area contributed by atoms with E-state index in [1.807, 2.05) is 0 Å². The number of alkyl halides is 3. The predicted octanol–water partition coefficient (Wildman–Crippen LogP) is 2.29. The first-order valence-corrected chi connectivity index (χ1v) is 4.48. The minimum atomic E-state index is -4.29. The van der Waals surface area contributed by atoms with E-state index in [2.05, 4.69) is 5.32 Å². The Morgan fingerprint density at radius 2 is 2.06 bits per heavy atom. The summed E-state index contributed by atoms with van der Waals surface area (Å²) in [5.41, 5.74) is 0.718. The van der Waals surface area contributed by atoms with Gasteiger partial charge in [0.05, 0.1) is 6.42 Å². The Kier molecular flexibility index (Phi) is 3.76. The van der Waals surface area contributed by atoms with Gasteiger partial charge in [0.1, 0.15) is 6.54 Å². The number of carboxylic acid groups (broad SMARTS) is 1. The van der Waals surface area contributed by atoms with Crippen LogP contribution in [-0.4, -0.2) is 23.8 Å². The van der Waals surface area contributed by atoms with Gasteiger partial charge in [-0.05, 0) is 17.7 Å². The molecule has 0 unspecified atom stereocenters. The molecular weight excluding hydrogens is 223 g/mol. The molecule has 16 heavy (non-hydrogen) atoms. The van der Waals surface area contributed by atoms with Gasteiger partial charge in [-0.2, -0.15) is 13.2 Å². The van der Waals surface area contributed by atoms with E-state index in [1.54, 1.807) is 6.07 Å². The topological polar surface area (TPSA) is 49.3 Å². The van der Waals surface area contributed by atoms with Gasteiger partial charge in [-0.1, -0.05) is 12.1 Å². The van der Waals surface area contributed by atoms with E-state index >= 15 is 0 Å². The first-order valence-electron chi connectivity index (χ1n) is 4.48. The van der Waals surface area contributed by atoms with E-state index in [4.69, 9.17) is 5.11 Å². The van der Waals surface area contributed by atoms with Crippen LogP contribution in [0.2, 0.25) is 0 Å². The number of anilines is 1. The Bertz CT molecular complexity index is 377. The van der Waals surface area contributed by atoms with Crippen molar-refractivity contribution >= 4 is 11.7 Å². The van der Waals surface area contributed by atoms with Crippen molar-refractivity contribution in [3.63, 3.8) is 0 Å². The third-order valence-electron chi connectivity index (χ3n) is 1.78. The van der Waals surface area contributed by atoms with Crippen molar-refractivity contribution in [2.45, 2.75) is 12.6 Å². The number of hydrogen-bond acceptors (Lipinski definition) is 2. The van der Waals surface area contributed by atoms with E-state index in [0.717, 1.165) is 0 Å². The summed E-state index contributed by atoms with van der Waals surface area (Å²) in [5.74, 6) is -1.02. The zero-order chi connectivity index (χ0) is 12.2. The van der Waals surface area contributed by atoms with Crippen molar-refractivity contribution in [1.29, 1.82) is 0 Å². The number of halogens is 3. The zero-order valence-electron chi connectivity index (χ0n) is 8.21. The van der Waals surface area contributed by atoms with Gasteiger partial charge in [0, 0.05) is 5.69 Å².